The van der Waals surface area contributed by atoms with Gasteiger partial charge in [0.15, 0.2) is 0 Å². The zero-order valence-electron chi connectivity index (χ0n) is 14.2. The number of anilines is 3. The molecule has 1 aliphatic rings. The predicted molar refractivity (Wildman–Crippen MR) is 102 cm³/mol. The number of aromatic nitrogens is 2. The molecule has 5 N–H and O–H groups in total. The van der Waals surface area contributed by atoms with E-state index in [1.54, 1.807) is 12.1 Å². The van der Waals surface area contributed by atoms with E-state index in [-0.39, 0.29) is 17.2 Å². The minimum absolute atomic E-state index is 0.00815. The molecule has 2 aromatic carbocycles. The van der Waals surface area contributed by atoms with Crippen LogP contribution in [0.1, 0.15) is 18.4 Å². The third-order valence-corrected chi connectivity index (χ3v) is 4.67. The average Bonchev–Trinajstić information content (AvgIpc) is 3.36. The Hall–Kier alpha value is -3.15. The van der Waals surface area contributed by atoms with E-state index in [0.29, 0.717) is 17.1 Å². The predicted octanol–water partition coefficient (Wildman–Crippen LogP) is 3.63. The van der Waals surface area contributed by atoms with Gasteiger partial charge in [0.25, 0.3) is 0 Å². The molecule has 0 atom stereocenters. The van der Waals surface area contributed by atoms with Crippen molar-refractivity contribution in [3.8, 4) is 11.3 Å². The topological polar surface area (TPSA) is 89.8 Å². The van der Waals surface area contributed by atoms with Crippen LogP contribution in [0, 0.1) is 5.82 Å². The van der Waals surface area contributed by atoms with E-state index in [4.69, 9.17) is 11.5 Å². The van der Waals surface area contributed by atoms with Crippen LogP contribution in [0.2, 0.25) is 0 Å². The van der Waals surface area contributed by atoms with Crippen molar-refractivity contribution in [3.63, 3.8) is 0 Å². The summed E-state index contributed by atoms with van der Waals surface area (Å²) in [6, 6.07) is 16.7. The highest BCUT2D eigenvalue weighted by Crippen LogP contribution is 2.42. The SMILES string of the molecule is Nc1nc(NC2(Cc3ccccc3)CC2)cc(-c2ccc(N)c(F)c2)n1. The largest absolute Gasteiger partial charge is 0.396 e. The molecule has 132 valence electrons. The standard InChI is InChI=1S/C20H20FN5/c21-15-10-14(6-7-16(15)22)17-11-18(25-19(23)24-17)26-20(8-9-20)12-13-4-2-1-3-5-13/h1-7,10-11H,8-9,12,22H2,(H3,23,24,25,26). The smallest absolute Gasteiger partial charge is 0.222 e. The quantitative estimate of drug-likeness (QED) is 0.612. The fourth-order valence-electron chi connectivity index (χ4n) is 3.12. The zero-order chi connectivity index (χ0) is 18.1. The molecular formula is C20H20FN5. The Kier molecular flexibility index (Phi) is 3.95. The maximum Gasteiger partial charge on any atom is 0.222 e. The number of nitrogens with one attached hydrogen (secondary N) is 1. The first-order valence-corrected chi connectivity index (χ1v) is 8.55. The molecule has 5 nitrogen and oxygen atoms in total. The summed E-state index contributed by atoms with van der Waals surface area (Å²) in [7, 11) is 0. The molecule has 1 heterocycles. The number of nitrogens with two attached hydrogens (primary N) is 2. The van der Waals surface area contributed by atoms with Crippen LogP contribution < -0.4 is 16.8 Å². The summed E-state index contributed by atoms with van der Waals surface area (Å²) < 4.78 is 13.8. The van der Waals surface area contributed by atoms with E-state index in [0.717, 1.165) is 19.3 Å². The van der Waals surface area contributed by atoms with Gasteiger partial charge in [0, 0.05) is 17.2 Å². The Morgan fingerprint density at radius 2 is 1.77 bits per heavy atom. The molecule has 0 radical (unpaired) electrons. The lowest BCUT2D eigenvalue weighted by Crippen LogP contribution is -2.25. The minimum Gasteiger partial charge on any atom is -0.396 e. The van der Waals surface area contributed by atoms with Gasteiger partial charge in [-0.2, -0.15) is 4.98 Å². The Morgan fingerprint density at radius 3 is 2.46 bits per heavy atom. The summed E-state index contributed by atoms with van der Waals surface area (Å²) in [6.07, 6.45) is 3.05. The molecule has 1 saturated carbocycles. The number of benzene rings is 2. The van der Waals surface area contributed by atoms with Gasteiger partial charge in [0.2, 0.25) is 5.95 Å². The molecular weight excluding hydrogens is 329 g/mol. The van der Waals surface area contributed by atoms with Crippen molar-refractivity contribution in [2.24, 2.45) is 0 Å². The van der Waals surface area contributed by atoms with E-state index in [2.05, 4.69) is 27.4 Å². The maximum atomic E-state index is 13.8. The number of rotatable bonds is 5. The summed E-state index contributed by atoms with van der Waals surface area (Å²) >= 11 is 0. The lowest BCUT2D eigenvalue weighted by molar-refractivity contribution is 0.633. The van der Waals surface area contributed by atoms with Crippen LogP contribution in [0.3, 0.4) is 0 Å². The van der Waals surface area contributed by atoms with Crippen LogP contribution in [0.4, 0.5) is 21.8 Å². The van der Waals surface area contributed by atoms with Crippen LogP contribution >= 0.6 is 0 Å². The third-order valence-electron chi connectivity index (χ3n) is 4.67. The van der Waals surface area contributed by atoms with Crippen molar-refractivity contribution in [2.75, 3.05) is 16.8 Å². The number of nitrogen functional groups attached to an aromatic ring is 2. The van der Waals surface area contributed by atoms with Gasteiger partial charge < -0.3 is 16.8 Å². The summed E-state index contributed by atoms with van der Waals surface area (Å²) in [5.41, 5.74) is 14.0. The lowest BCUT2D eigenvalue weighted by atomic mass is 10.0. The summed E-state index contributed by atoms with van der Waals surface area (Å²) in [4.78, 5) is 8.53. The molecule has 26 heavy (non-hydrogen) atoms. The number of hydrogen-bond acceptors (Lipinski definition) is 5. The van der Waals surface area contributed by atoms with Crippen LogP contribution in [-0.2, 0) is 6.42 Å². The van der Waals surface area contributed by atoms with E-state index < -0.39 is 5.82 Å². The van der Waals surface area contributed by atoms with Gasteiger partial charge in [-0.25, -0.2) is 9.37 Å². The van der Waals surface area contributed by atoms with Crippen molar-refractivity contribution in [2.45, 2.75) is 24.8 Å². The Labute approximate surface area is 151 Å². The molecule has 3 aromatic rings. The molecule has 1 fully saturated rings. The molecule has 1 aliphatic carbocycles. The molecule has 0 saturated heterocycles. The van der Waals surface area contributed by atoms with Gasteiger partial charge in [-0.3, -0.25) is 0 Å². The first-order valence-electron chi connectivity index (χ1n) is 8.55. The molecule has 0 unspecified atom stereocenters. The molecule has 0 spiro atoms. The molecule has 0 amide bonds. The summed E-state index contributed by atoms with van der Waals surface area (Å²) in [5.74, 6) is 0.327. The van der Waals surface area contributed by atoms with E-state index in [1.807, 2.05) is 18.2 Å². The lowest BCUT2D eigenvalue weighted by Gasteiger charge is -2.19. The van der Waals surface area contributed by atoms with Gasteiger partial charge in [-0.1, -0.05) is 36.4 Å². The van der Waals surface area contributed by atoms with Crippen molar-refractivity contribution in [3.05, 3.63) is 66.0 Å². The van der Waals surface area contributed by atoms with Crippen LogP contribution in [0.25, 0.3) is 11.3 Å². The van der Waals surface area contributed by atoms with Gasteiger partial charge in [0.05, 0.1) is 11.4 Å². The molecule has 1 aromatic heterocycles. The number of halogens is 1. The van der Waals surface area contributed by atoms with E-state index in [9.17, 15) is 4.39 Å². The molecule has 0 bridgehead atoms. The van der Waals surface area contributed by atoms with Crippen molar-refractivity contribution >= 4 is 17.5 Å². The van der Waals surface area contributed by atoms with Crippen LogP contribution in [0.5, 0.6) is 0 Å². The summed E-state index contributed by atoms with van der Waals surface area (Å²) in [5, 5.41) is 3.51. The summed E-state index contributed by atoms with van der Waals surface area (Å²) in [6.45, 7) is 0. The minimum atomic E-state index is -0.475. The highest BCUT2D eigenvalue weighted by Gasteiger charge is 2.42. The first-order chi connectivity index (χ1) is 12.5. The second-order valence-electron chi connectivity index (χ2n) is 6.80. The van der Waals surface area contributed by atoms with E-state index >= 15 is 0 Å². The first kappa shape index (κ1) is 16.3. The van der Waals surface area contributed by atoms with Crippen LogP contribution in [0.15, 0.2) is 54.6 Å². The maximum absolute atomic E-state index is 13.8. The van der Waals surface area contributed by atoms with E-state index in [1.165, 1.54) is 17.7 Å². The monoisotopic (exact) mass is 349 g/mol. The Morgan fingerprint density at radius 1 is 1.00 bits per heavy atom. The average molecular weight is 349 g/mol. The van der Waals surface area contributed by atoms with Gasteiger partial charge >= 0.3 is 0 Å². The second kappa shape index (κ2) is 6.29. The normalized spacial score (nSPS) is 14.8. The van der Waals surface area contributed by atoms with Gasteiger partial charge in [0.1, 0.15) is 11.6 Å². The Bertz CT molecular complexity index is 938. The zero-order valence-corrected chi connectivity index (χ0v) is 14.2. The van der Waals surface area contributed by atoms with Crippen molar-refractivity contribution in [1.29, 1.82) is 0 Å². The number of hydrogen-bond donors (Lipinski definition) is 3. The number of nitrogens with zero attached hydrogens (tertiary/aromatic N) is 2. The third kappa shape index (κ3) is 3.44. The fraction of sp³-hybridized carbons (Fsp3) is 0.200. The molecule has 4 rings (SSSR count). The molecule has 6 heteroatoms. The van der Waals surface area contributed by atoms with Crippen molar-refractivity contribution < 1.29 is 4.39 Å². The highest BCUT2D eigenvalue weighted by molar-refractivity contribution is 5.66. The van der Waals surface area contributed by atoms with Gasteiger partial charge in [-0.15, -0.1) is 0 Å². The Balaban J connectivity index is 1.59. The van der Waals surface area contributed by atoms with Gasteiger partial charge in [-0.05, 0) is 37.0 Å². The fourth-order valence-corrected chi connectivity index (χ4v) is 3.12. The van der Waals surface area contributed by atoms with Crippen LogP contribution in [-0.4, -0.2) is 15.5 Å². The molecule has 0 aliphatic heterocycles. The second-order valence-corrected chi connectivity index (χ2v) is 6.80. The van der Waals surface area contributed by atoms with Crippen molar-refractivity contribution in [1.82, 2.24) is 9.97 Å². The highest BCUT2D eigenvalue weighted by atomic mass is 19.1.